The highest BCUT2D eigenvalue weighted by Gasteiger charge is 2.36. The molecule has 0 radical (unpaired) electrons. The highest BCUT2D eigenvalue weighted by molar-refractivity contribution is 5.83. The molecule has 0 aliphatic carbocycles. The van der Waals surface area contributed by atoms with Gasteiger partial charge in [0.1, 0.15) is 5.82 Å². The first-order valence-corrected chi connectivity index (χ1v) is 11.0. The summed E-state index contributed by atoms with van der Waals surface area (Å²) >= 11 is 0. The number of ether oxygens (including phenoxy) is 1. The number of benzene rings is 3. The van der Waals surface area contributed by atoms with Crippen LogP contribution < -0.4 is 0 Å². The fourth-order valence-corrected chi connectivity index (χ4v) is 4.11. The summed E-state index contributed by atoms with van der Waals surface area (Å²) < 4.78 is 33.3. The summed E-state index contributed by atoms with van der Waals surface area (Å²) in [5.74, 6) is -0.830. The Morgan fingerprint density at radius 1 is 1.00 bits per heavy atom. The summed E-state index contributed by atoms with van der Waals surface area (Å²) in [4.78, 5) is 11.7. The van der Waals surface area contributed by atoms with E-state index in [1.165, 1.54) is 18.2 Å². The van der Waals surface area contributed by atoms with Crippen LogP contribution in [0.25, 0.3) is 28.3 Å². The summed E-state index contributed by atoms with van der Waals surface area (Å²) in [5.41, 5.74) is 5.58. The maximum absolute atomic E-state index is 14.5. The third kappa shape index (κ3) is 5.04. The fourth-order valence-electron chi connectivity index (χ4n) is 4.11. The Bertz CT molecular complexity index is 1150. The average Bonchev–Trinajstić information content (AvgIpc) is 2.81. The quantitative estimate of drug-likeness (QED) is 0.465. The number of cyclic esters (lactones) is 1. The smallest absolute Gasteiger partial charge is 0.309 e. The van der Waals surface area contributed by atoms with Gasteiger partial charge in [-0.2, -0.15) is 0 Å². The molecule has 1 fully saturated rings. The first-order chi connectivity index (χ1) is 15.8. The molecule has 4 rings (SSSR count). The third-order valence-electron chi connectivity index (χ3n) is 5.87. The SMILES string of the molecule is CC(C)c1cc(-c2ccccc2)cc(-c2ccc(F)cc2)c1/C=C/C1OC(=O)CC(O)C1F. The number of hydrogen-bond donors (Lipinski definition) is 1. The Labute approximate surface area is 192 Å². The molecule has 3 aromatic rings. The lowest BCUT2D eigenvalue weighted by Gasteiger charge is -2.27. The van der Waals surface area contributed by atoms with Gasteiger partial charge in [0.15, 0.2) is 12.3 Å². The Morgan fingerprint density at radius 3 is 2.36 bits per heavy atom. The monoisotopic (exact) mass is 448 g/mol. The van der Waals surface area contributed by atoms with E-state index in [1.807, 2.05) is 36.4 Å². The average molecular weight is 449 g/mol. The van der Waals surface area contributed by atoms with Crippen LogP contribution in [0.4, 0.5) is 8.78 Å². The zero-order valence-corrected chi connectivity index (χ0v) is 18.5. The molecule has 1 aliphatic rings. The lowest BCUT2D eigenvalue weighted by atomic mass is 9.86. The molecule has 170 valence electrons. The van der Waals surface area contributed by atoms with Gasteiger partial charge in [-0.05, 0) is 63.6 Å². The van der Waals surface area contributed by atoms with Gasteiger partial charge in [0.2, 0.25) is 0 Å². The van der Waals surface area contributed by atoms with Crippen molar-refractivity contribution in [2.24, 2.45) is 0 Å². The number of hydrogen-bond acceptors (Lipinski definition) is 3. The molecule has 3 nitrogen and oxygen atoms in total. The molecule has 1 N–H and O–H groups in total. The highest BCUT2D eigenvalue weighted by Crippen LogP contribution is 2.37. The molecule has 1 saturated heterocycles. The number of carbonyl (C=O) groups is 1. The van der Waals surface area contributed by atoms with E-state index in [4.69, 9.17) is 4.74 Å². The number of alkyl halides is 1. The van der Waals surface area contributed by atoms with Crippen molar-refractivity contribution in [3.8, 4) is 22.3 Å². The van der Waals surface area contributed by atoms with Gasteiger partial charge >= 0.3 is 5.97 Å². The minimum Gasteiger partial charge on any atom is -0.455 e. The van der Waals surface area contributed by atoms with Gasteiger partial charge in [0.25, 0.3) is 0 Å². The van der Waals surface area contributed by atoms with E-state index in [0.717, 1.165) is 33.4 Å². The van der Waals surface area contributed by atoms with Gasteiger partial charge in [0.05, 0.1) is 12.5 Å². The molecule has 0 spiro atoms. The highest BCUT2D eigenvalue weighted by atomic mass is 19.1. The number of aliphatic hydroxyl groups excluding tert-OH is 1. The van der Waals surface area contributed by atoms with E-state index in [1.54, 1.807) is 18.2 Å². The second-order valence-corrected chi connectivity index (χ2v) is 8.58. The second-order valence-electron chi connectivity index (χ2n) is 8.58. The van der Waals surface area contributed by atoms with E-state index in [2.05, 4.69) is 19.9 Å². The molecular weight excluding hydrogens is 422 g/mol. The second kappa shape index (κ2) is 9.67. The Hall–Kier alpha value is -3.31. The maximum atomic E-state index is 14.5. The van der Waals surface area contributed by atoms with Crippen molar-refractivity contribution in [1.29, 1.82) is 0 Å². The number of carbonyl (C=O) groups excluding carboxylic acids is 1. The molecule has 0 amide bonds. The molecule has 0 aromatic heterocycles. The zero-order chi connectivity index (χ0) is 23.5. The molecule has 0 saturated carbocycles. The Morgan fingerprint density at radius 2 is 1.70 bits per heavy atom. The molecule has 1 aliphatic heterocycles. The third-order valence-corrected chi connectivity index (χ3v) is 5.87. The van der Waals surface area contributed by atoms with Crippen LogP contribution in [0, 0.1) is 5.82 Å². The van der Waals surface area contributed by atoms with Gasteiger partial charge in [-0.3, -0.25) is 4.79 Å². The van der Waals surface area contributed by atoms with Crippen molar-refractivity contribution in [3.63, 3.8) is 0 Å². The van der Waals surface area contributed by atoms with Crippen LogP contribution >= 0.6 is 0 Å². The zero-order valence-electron chi connectivity index (χ0n) is 18.5. The lowest BCUT2D eigenvalue weighted by molar-refractivity contribution is -0.164. The van der Waals surface area contributed by atoms with Crippen molar-refractivity contribution >= 4 is 12.0 Å². The van der Waals surface area contributed by atoms with E-state index >= 15 is 0 Å². The van der Waals surface area contributed by atoms with E-state index in [9.17, 15) is 18.7 Å². The van der Waals surface area contributed by atoms with Gasteiger partial charge in [-0.15, -0.1) is 0 Å². The standard InChI is InChI=1S/C28H26F2O3/c1-17(2)23-14-20(18-6-4-3-5-7-18)15-24(19-8-10-21(29)11-9-19)22(23)12-13-26-28(30)25(31)16-27(32)33-26/h3-15,17,25-26,28,31H,16H2,1-2H3/b13-12+. The van der Waals surface area contributed by atoms with Crippen LogP contribution in [-0.4, -0.2) is 29.5 Å². The van der Waals surface area contributed by atoms with Crippen molar-refractivity contribution in [1.82, 2.24) is 0 Å². The van der Waals surface area contributed by atoms with Gasteiger partial charge < -0.3 is 9.84 Å². The molecule has 5 heteroatoms. The number of aliphatic hydroxyl groups is 1. The Balaban J connectivity index is 1.87. The minimum atomic E-state index is -1.70. The summed E-state index contributed by atoms with van der Waals surface area (Å²) in [6.45, 7) is 4.14. The maximum Gasteiger partial charge on any atom is 0.309 e. The number of halogens is 2. The van der Waals surface area contributed by atoms with Crippen LogP contribution in [0.3, 0.4) is 0 Å². The van der Waals surface area contributed by atoms with Crippen LogP contribution in [0.2, 0.25) is 0 Å². The van der Waals surface area contributed by atoms with Crippen LogP contribution in [-0.2, 0) is 9.53 Å². The number of esters is 1. The summed E-state index contributed by atoms with van der Waals surface area (Å²) in [6.07, 6.45) is -1.37. The predicted molar refractivity (Wildman–Crippen MR) is 126 cm³/mol. The molecule has 3 unspecified atom stereocenters. The van der Waals surface area contributed by atoms with E-state index in [-0.39, 0.29) is 18.2 Å². The van der Waals surface area contributed by atoms with Gasteiger partial charge in [-0.1, -0.05) is 68.5 Å². The van der Waals surface area contributed by atoms with Gasteiger partial charge in [0, 0.05) is 0 Å². The van der Waals surface area contributed by atoms with Crippen molar-refractivity contribution in [2.75, 3.05) is 0 Å². The Kier molecular flexibility index (Phi) is 6.70. The van der Waals surface area contributed by atoms with Crippen LogP contribution in [0.5, 0.6) is 0 Å². The fraction of sp³-hybridized carbons (Fsp3) is 0.250. The normalized spacial score (nSPS) is 20.9. The molecule has 1 heterocycles. The molecule has 3 aromatic carbocycles. The predicted octanol–water partition coefficient (Wildman–Crippen LogP) is 6.31. The molecular formula is C28H26F2O3. The molecule has 33 heavy (non-hydrogen) atoms. The molecule has 0 bridgehead atoms. The van der Waals surface area contributed by atoms with Crippen LogP contribution in [0.1, 0.15) is 37.3 Å². The summed E-state index contributed by atoms with van der Waals surface area (Å²) in [6, 6.07) is 20.3. The summed E-state index contributed by atoms with van der Waals surface area (Å²) in [7, 11) is 0. The lowest BCUT2D eigenvalue weighted by Crippen LogP contribution is -2.42. The van der Waals surface area contributed by atoms with Crippen molar-refractivity contribution in [2.45, 2.75) is 44.6 Å². The topological polar surface area (TPSA) is 46.5 Å². The van der Waals surface area contributed by atoms with Crippen molar-refractivity contribution < 1.29 is 23.4 Å². The first kappa shape index (κ1) is 22.9. The number of rotatable bonds is 5. The van der Waals surface area contributed by atoms with Crippen molar-refractivity contribution in [3.05, 3.63) is 89.8 Å². The molecule has 3 atom stereocenters. The summed E-state index contributed by atoms with van der Waals surface area (Å²) in [5, 5.41) is 9.83. The van der Waals surface area contributed by atoms with Crippen LogP contribution in [0.15, 0.2) is 72.8 Å². The van der Waals surface area contributed by atoms with E-state index in [0.29, 0.717) is 0 Å². The largest absolute Gasteiger partial charge is 0.455 e. The van der Waals surface area contributed by atoms with Gasteiger partial charge in [-0.25, -0.2) is 8.78 Å². The van der Waals surface area contributed by atoms with E-state index < -0.39 is 24.3 Å². The minimum absolute atomic E-state index is 0.133. The first-order valence-electron chi connectivity index (χ1n) is 11.0.